The van der Waals surface area contributed by atoms with Crippen LogP contribution in [0.25, 0.3) is 0 Å². The molecule has 0 radical (unpaired) electrons. The van der Waals surface area contributed by atoms with Crippen molar-refractivity contribution < 1.29 is 10.0 Å². The van der Waals surface area contributed by atoms with Gasteiger partial charge >= 0.3 is 0 Å². The zero-order valence-corrected chi connectivity index (χ0v) is 10.4. The van der Waals surface area contributed by atoms with Crippen molar-refractivity contribution in [1.29, 1.82) is 0 Å². The van der Waals surface area contributed by atoms with Crippen molar-refractivity contribution in [2.24, 2.45) is 5.92 Å². The summed E-state index contributed by atoms with van der Waals surface area (Å²) in [5, 5.41) is 8.88. The van der Waals surface area contributed by atoms with Gasteiger partial charge in [0.25, 0.3) is 0 Å². The minimum Gasteiger partial charge on any atom is -0.289 e. The van der Waals surface area contributed by atoms with E-state index in [9.17, 15) is 4.79 Å². The van der Waals surface area contributed by atoms with Gasteiger partial charge < -0.3 is 0 Å². The van der Waals surface area contributed by atoms with E-state index < -0.39 is 0 Å². The van der Waals surface area contributed by atoms with Crippen LogP contribution >= 0.6 is 0 Å². The van der Waals surface area contributed by atoms with Crippen molar-refractivity contribution >= 4 is 5.91 Å². The fourth-order valence-corrected chi connectivity index (χ4v) is 2.89. The van der Waals surface area contributed by atoms with Gasteiger partial charge in [-0.1, -0.05) is 60.7 Å². The van der Waals surface area contributed by atoms with Gasteiger partial charge in [-0.25, -0.2) is 5.48 Å². The molecule has 0 spiro atoms. The number of nitrogens with one attached hydrogen (secondary N) is 1. The van der Waals surface area contributed by atoms with Crippen LogP contribution < -0.4 is 5.48 Å². The van der Waals surface area contributed by atoms with E-state index in [4.69, 9.17) is 5.21 Å². The van der Waals surface area contributed by atoms with Gasteiger partial charge in [-0.15, -0.1) is 0 Å². The second kappa shape index (κ2) is 4.86. The van der Waals surface area contributed by atoms with Crippen molar-refractivity contribution in [3.63, 3.8) is 0 Å². The first-order valence-electron chi connectivity index (χ1n) is 6.37. The molecule has 3 heteroatoms. The predicted octanol–water partition coefficient (Wildman–Crippen LogP) is 2.69. The molecule has 0 saturated heterocycles. The van der Waals surface area contributed by atoms with Gasteiger partial charge in [0.2, 0.25) is 5.91 Å². The maximum atomic E-state index is 11.8. The third-order valence-electron chi connectivity index (χ3n) is 3.80. The Labute approximate surface area is 111 Å². The minimum absolute atomic E-state index is 0.149. The Bertz CT molecular complexity index is 522. The molecule has 96 valence electrons. The molecular formula is C16H15NO2. The maximum Gasteiger partial charge on any atom is 0.247 e. The lowest BCUT2D eigenvalue weighted by Crippen LogP contribution is -2.21. The zero-order valence-electron chi connectivity index (χ0n) is 10.4. The summed E-state index contributed by atoms with van der Waals surface area (Å²) >= 11 is 0. The quantitative estimate of drug-likeness (QED) is 0.652. The van der Waals surface area contributed by atoms with Gasteiger partial charge in [-0.05, 0) is 11.1 Å². The number of carbonyl (C=O) groups excluding carboxylic acids is 1. The second-order valence-electron chi connectivity index (χ2n) is 4.87. The average molecular weight is 253 g/mol. The molecule has 1 amide bonds. The van der Waals surface area contributed by atoms with E-state index in [1.807, 2.05) is 60.7 Å². The topological polar surface area (TPSA) is 49.3 Å². The Kier molecular flexibility index (Phi) is 3.05. The van der Waals surface area contributed by atoms with Crippen LogP contribution in [0, 0.1) is 5.92 Å². The van der Waals surface area contributed by atoms with E-state index in [1.165, 1.54) is 0 Å². The summed E-state index contributed by atoms with van der Waals surface area (Å²) in [6, 6.07) is 20.0. The molecule has 19 heavy (non-hydrogen) atoms. The number of hydrogen-bond acceptors (Lipinski definition) is 2. The first-order chi connectivity index (χ1) is 9.33. The largest absolute Gasteiger partial charge is 0.289 e. The monoisotopic (exact) mass is 253 g/mol. The summed E-state index contributed by atoms with van der Waals surface area (Å²) in [5.74, 6) is -0.191. The highest BCUT2D eigenvalue weighted by atomic mass is 16.5. The summed E-state index contributed by atoms with van der Waals surface area (Å²) < 4.78 is 0. The van der Waals surface area contributed by atoms with Crippen molar-refractivity contribution in [1.82, 2.24) is 5.48 Å². The molecule has 2 aromatic rings. The van der Waals surface area contributed by atoms with E-state index in [0.29, 0.717) is 0 Å². The molecule has 0 aromatic heterocycles. The molecule has 0 bridgehead atoms. The molecule has 0 heterocycles. The van der Waals surface area contributed by atoms with Gasteiger partial charge in [0.1, 0.15) is 0 Å². The summed E-state index contributed by atoms with van der Waals surface area (Å²) in [4.78, 5) is 11.8. The maximum absolute atomic E-state index is 11.8. The molecule has 1 aliphatic carbocycles. The van der Waals surface area contributed by atoms with Crippen molar-refractivity contribution in [3.05, 3.63) is 71.8 Å². The van der Waals surface area contributed by atoms with Gasteiger partial charge in [-0.3, -0.25) is 10.0 Å². The molecule has 3 nitrogen and oxygen atoms in total. The van der Waals surface area contributed by atoms with E-state index in [0.717, 1.165) is 11.1 Å². The average Bonchev–Trinajstić information content (AvgIpc) is 3.24. The lowest BCUT2D eigenvalue weighted by Gasteiger charge is -1.99. The Morgan fingerprint density at radius 1 is 0.842 bits per heavy atom. The van der Waals surface area contributed by atoms with Gasteiger partial charge in [-0.2, -0.15) is 0 Å². The molecular weight excluding hydrogens is 238 g/mol. The lowest BCUT2D eigenvalue weighted by molar-refractivity contribution is -0.130. The van der Waals surface area contributed by atoms with Crippen molar-refractivity contribution in [2.45, 2.75) is 11.8 Å². The number of hydrogen-bond donors (Lipinski definition) is 2. The van der Waals surface area contributed by atoms with Crippen molar-refractivity contribution in [3.8, 4) is 0 Å². The van der Waals surface area contributed by atoms with Gasteiger partial charge in [0.15, 0.2) is 0 Å². The standard InChI is InChI=1S/C16H15NO2/c18-16(17-19)15-13(11-7-3-1-4-8-11)14(15)12-9-5-2-6-10-12/h1-10,13-15,19H,(H,17,18)/t13-,14+,15?. The third-order valence-corrected chi connectivity index (χ3v) is 3.80. The Balaban J connectivity index is 1.93. The van der Waals surface area contributed by atoms with E-state index in [-0.39, 0.29) is 23.7 Å². The van der Waals surface area contributed by atoms with Crippen LogP contribution in [0.4, 0.5) is 0 Å². The first-order valence-corrected chi connectivity index (χ1v) is 6.37. The predicted molar refractivity (Wildman–Crippen MR) is 71.8 cm³/mol. The number of rotatable bonds is 3. The number of carbonyl (C=O) groups is 1. The Morgan fingerprint density at radius 2 is 1.26 bits per heavy atom. The highest BCUT2D eigenvalue weighted by Gasteiger charge is 2.55. The molecule has 1 aliphatic rings. The van der Waals surface area contributed by atoms with E-state index >= 15 is 0 Å². The van der Waals surface area contributed by atoms with Crippen LogP contribution in [-0.4, -0.2) is 11.1 Å². The molecule has 2 N–H and O–H groups in total. The number of amides is 1. The lowest BCUT2D eigenvalue weighted by atomic mass is 10.0. The van der Waals surface area contributed by atoms with Crippen molar-refractivity contribution in [2.75, 3.05) is 0 Å². The van der Waals surface area contributed by atoms with Crippen LogP contribution in [0.2, 0.25) is 0 Å². The molecule has 3 rings (SSSR count). The number of hydroxylamine groups is 1. The SMILES string of the molecule is O=C(NO)C1[C@@H](c2ccccc2)[C@H]1c1ccccc1. The van der Waals surface area contributed by atoms with Gasteiger partial charge in [0.05, 0.1) is 5.92 Å². The first kappa shape index (κ1) is 11.9. The highest BCUT2D eigenvalue weighted by Crippen LogP contribution is 2.60. The molecule has 1 unspecified atom stereocenters. The van der Waals surface area contributed by atoms with Crippen LogP contribution in [-0.2, 0) is 4.79 Å². The second-order valence-corrected chi connectivity index (χ2v) is 4.87. The van der Waals surface area contributed by atoms with Gasteiger partial charge in [0, 0.05) is 11.8 Å². The summed E-state index contributed by atoms with van der Waals surface area (Å²) in [7, 11) is 0. The fourth-order valence-electron chi connectivity index (χ4n) is 2.89. The molecule has 0 aliphatic heterocycles. The normalized spacial score (nSPS) is 24.8. The summed E-state index contributed by atoms with van der Waals surface area (Å²) in [6.07, 6.45) is 0. The number of benzene rings is 2. The smallest absolute Gasteiger partial charge is 0.247 e. The van der Waals surface area contributed by atoms with E-state index in [2.05, 4.69) is 0 Å². The highest BCUT2D eigenvalue weighted by molar-refractivity contribution is 5.84. The fraction of sp³-hybridized carbons (Fsp3) is 0.188. The van der Waals surface area contributed by atoms with Crippen LogP contribution in [0.1, 0.15) is 23.0 Å². The minimum atomic E-state index is -0.303. The Hall–Kier alpha value is -2.13. The molecule has 1 saturated carbocycles. The summed E-state index contributed by atoms with van der Waals surface area (Å²) in [6.45, 7) is 0. The molecule has 2 aromatic carbocycles. The molecule has 3 atom stereocenters. The third kappa shape index (κ3) is 2.13. The molecule has 1 fully saturated rings. The Morgan fingerprint density at radius 3 is 1.63 bits per heavy atom. The van der Waals surface area contributed by atoms with Crippen LogP contribution in [0.3, 0.4) is 0 Å². The summed E-state index contributed by atoms with van der Waals surface area (Å²) in [5.41, 5.74) is 4.07. The van der Waals surface area contributed by atoms with Crippen LogP contribution in [0.5, 0.6) is 0 Å². The van der Waals surface area contributed by atoms with E-state index in [1.54, 1.807) is 5.48 Å². The van der Waals surface area contributed by atoms with Crippen LogP contribution in [0.15, 0.2) is 60.7 Å². The zero-order chi connectivity index (χ0) is 13.2.